The Bertz CT molecular complexity index is 580. The van der Waals surface area contributed by atoms with E-state index in [-0.39, 0.29) is 5.56 Å². The SMILES string of the molecule is Cc1ccccc1CNc1cn[nH]c(=O)c1Br. The fourth-order valence-corrected chi connectivity index (χ4v) is 1.84. The van der Waals surface area contributed by atoms with Gasteiger partial charge in [-0.2, -0.15) is 5.10 Å². The molecule has 4 nitrogen and oxygen atoms in total. The lowest BCUT2D eigenvalue weighted by molar-refractivity contribution is 0.970. The largest absolute Gasteiger partial charge is 0.379 e. The summed E-state index contributed by atoms with van der Waals surface area (Å²) in [5, 5.41) is 9.29. The molecule has 2 rings (SSSR count). The summed E-state index contributed by atoms with van der Waals surface area (Å²) in [4.78, 5) is 11.3. The molecule has 0 spiro atoms. The molecule has 0 aliphatic heterocycles. The predicted molar refractivity (Wildman–Crippen MR) is 71.1 cm³/mol. The highest BCUT2D eigenvalue weighted by Gasteiger charge is 2.04. The summed E-state index contributed by atoms with van der Waals surface area (Å²) in [7, 11) is 0. The molecule has 0 unspecified atom stereocenters. The minimum Gasteiger partial charge on any atom is -0.379 e. The van der Waals surface area contributed by atoms with Crippen LogP contribution in [0.1, 0.15) is 11.1 Å². The molecule has 5 heteroatoms. The molecular weight excluding hydrogens is 282 g/mol. The summed E-state index contributed by atoms with van der Waals surface area (Å²) < 4.78 is 0.473. The summed E-state index contributed by atoms with van der Waals surface area (Å²) in [6.45, 7) is 2.72. The molecule has 17 heavy (non-hydrogen) atoms. The van der Waals surface area contributed by atoms with Crippen molar-refractivity contribution in [1.29, 1.82) is 0 Å². The standard InChI is InChI=1S/C12H12BrN3O/c1-8-4-2-3-5-9(8)6-14-10-7-15-16-12(17)11(10)13/h2-5,7H,6H2,1H3,(H2,14,16,17). The normalized spacial score (nSPS) is 10.2. The van der Waals surface area contributed by atoms with E-state index in [0.717, 1.165) is 0 Å². The van der Waals surface area contributed by atoms with E-state index in [0.29, 0.717) is 16.7 Å². The zero-order chi connectivity index (χ0) is 12.3. The number of hydrogen-bond acceptors (Lipinski definition) is 3. The third-order valence-corrected chi connectivity index (χ3v) is 3.31. The van der Waals surface area contributed by atoms with Crippen molar-refractivity contribution in [3.8, 4) is 0 Å². The first-order valence-electron chi connectivity index (χ1n) is 5.20. The van der Waals surface area contributed by atoms with Gasteiger partial charge in [0.25, 0.3) is 5.56 Å². The molecular formula is C12H12BrN3O. The number of benzene rings is 1. The Labute approximate surface area is 107 Å². The fraction of sp³-hybridized carbons (Fsp3) is 0.167. The van der Waals surface area contributed by atoms with E-state index in [9.17, 15) is 4.79 Å². The number of rotatable bonds is 3. The molecule has 0 saturated heterocycles. The molecule has 0 aliphatic carbocycles. The summed E-state index contributed by atoms with van der Waals surface area (Å²) in [5.41, 5.74) is 2.87. The number of nitrogens with zero attached hydrogens (tertiary/aromatic N) is 1. The van der Waals surface area contributed by atoms with Gasteiger partial charge < -0.3 is 5.32 Å². The number of H-pyrrole nitrogens is 1. The maximum atomic E-state index is 11.3. The van der Waals surface area contributed by atoms with Crippen LogP contribution in [0.4, 0.5) is 5.69 Å². The van der Waals surface area contributed by atoms with Crippen molar-refractivity contribution in [2.45, 2.75) is 13.5 Å². The smallest absolute Gasteiger partial charge is 0.280 e. The number of halogens is 1. The summed E-state index contributed by atoms with van der Waals surface area (Å²) >= 11 is 3.23. The van der Waals surface area contributed by atoms with E-state index in [4.69, 9.17) is 0 Å². The minimum absolute atomic E-state index is 0.236. The molecule has 0 aliphatic rings. The Balaban J connectivity index is 2.16. The summed E-state index contributed by atoms with van der Waals surface area (Å²) in [5.74, 6) is 0. The zero-order valence-corrected chi connectivity index (χ0v) is 10.9. The monoisotopic (exact) mass is 293 g/mol. The van der Waals surface area contributed by atoms with Crippen LogP contribution in [0.2, 0.25) is 0 Å². The van der Waals surface area contributed by atoms with Crippen molar-refractivity contribution in [3.05, 3.63) is 56.4 Å². The molecule has 0 bridgehead atoms. The maximum absolute atomic E-state index is 11.3. The van der Waals surface area contributed by atoms with Crippen molar-refractivity contribution in [2.75, 3.05) is 5.32 Å². The fourth-order valence-electron chi connectivity index (χ4n) is 1.51. The predicted octanol–water partition coefficient (Wildman–Crippen LogP) is 2.45. The van der Waals surface area contributed by atoms with Crippen molar-refractivity contribution < 1.29 is 0 Å². The van der Waals surface area contributed by atoms with E-state index >= 15 is 0 Å². The van der Waals surface area contributed by atoms with Crippen LogP contribution in [0.5, 0.6) is 0 Å². The average Bonchev–Trinajstić information content (AvgIpc) is 2.33. The van der Waals surface area contributed by atoms with Gasteiger partial charge in [0, 0.05) is 6.54 Å². The molecule has 0 radical (unpaired) electrons. The molecule has 0 fully saturated rings. The maximum Gasteiger partial charge on any atom is 0.280 e. The third-order valence-electron chi connectivity index (χ3n) is 2.53. The minimum atomic E-state index is -0.236. The van der Waals surface area contributed by atoms with Gasteiger partial charge in [-0.05, 0) is 34.0 Å². The first-order chi connectivity index (χ1) is 8.18. The second-order valence-corrected chi connectivity index (χ2v) is 4.50. The first-order valence-corrected chi connectivity index (χ1v) is 5.99. The van der Waals surface area contributed by atoms with Gasteiger partial charge in [0.15, 0.2) is 0 Å². The highest BCUT2D eigenvalue weighted by Crippen LogP contribution is 2.17. The lowest BCUT2D eigenvalue weighted by Crippen LogP contribution is -2.12. The van der Waals surface area contributed by atoms with Gasteiger partial charge in [-0.3, -0.25) is 4.79 Å². The van der Waals surface area contributed by atoms with Gasteiger partial charge in [0.2, 0.25) is 0 Å². The van der Waals surface area contributed by atoms with Crippen LogP contribution < -0.4 is 10.9 Å². The number of aromatic amines is 1. The topological polar surface area (TPSA) is 57.8 Å². The van der Waals surface area contributed by atoms with Crippen LogP contribution in [0, 0.1) is 6.92 Å². The first kappa shape index (κ1) is 11.9. The van der Waals surface area contributed by atoms with Crippen LogP contribution in [-0.4, -0.2) is 10.2 Å². The number of anilines is 1. The van der Waals surface area contributed by atoms with Crippen molar-refractivity contribution in [3.63, 3.8) is 0 Å². The molecule has 2 N–H and O–H groups in total. The van der Waals surface area contributed by atoms with Gasteiger partial charge >= 0.3 is 0 Å². The highest BCUT2D eigenvalue weighted by atomic mass is 79.9. The van der Waals surface area contributed by atoms with E-state index < -0.39 is 0 Å². The van der Waals surface area contributed by atoms with Gasteiger partial charge in [0.05, 0.1) is 11.9 Å². The highest BCUT2D eigenvalue weighted by molar-refractivity contribution is 9.10. The number of hydrogen-bond donors (Lipinski definition) is 2. The summed E-state index contributed by atoms with van der Waals surface area (Å²) in [6.07, 6.45) is 1.59. The Morgan fingerprint density at radius 2 is 2.18 bits per heavy atom. The Kier molecular flexibility index (Phi) is 3.58. The quantitative estimate of drug-likeness (QED) is 0.914. The molecule has 0 saturated carbocycles. The van der Waals surface area contributed by atoms with Crippen LogP contribution in [0.25, 0.3) is 0 Å². The molecule has 1 heterocycles. The van der Waals surface area contributed by atoms with Gasteiger partial charge in [-0.1, -0.05) is 24.3 Å². The van der Waals surface area contributed by atoms with Crippen molar-refractivity contribution >= 4 is 21.6 Å². The van der Waals surface area contributed by atoms with Gasteiger partial charge in [-0.25, -0.2) is 5.10 Å². The second-order valence-electron chi connectivity index (χ2n) is 3.71. The zero-order valence-electron chi connectivity index (χ0n) is 9.33. The van der Waals surface area contributed by atoms with E-state index in [2.05, 4.69) is 50.5 Å². The lowest BCUT2D eigenvalue weighted by Gasteiger charge is -2.09. The molecule has 2 aromatic rings. The number of nitrogens with one attached hydrogen (secondary N) is 2. The molecule has 1 aromatic heterocycles. The second kappa shape index (κ2) is 5.14. The molecule has 0 atom stereocenters. The van der Waals surface area contributed by atoms with Crippen molar-refractivity contribution in [1.82, 2.24) is 10.2 Å². The molecule has 0 amide bonds. The van der Waals surface area contributed by atoms with Crippen LogP contribution in [-0.2, 0) is 6.54 Å². The van der Waals surface area contributed by atoms with Crippen LogP contribution >= 0.6 is 15.9 Å². The van der Waals surface area contributed by atoms with Gasteiger partial charge in [-0.15, -0.1) is 0 Å². The summed E-state index contributed by atoms with van der Waals surface area (Å²) in [6, 6.07) is 8.11. The number of aromatic nitrogens is 2. The van der Waals surface area contributed by atoms with E-state index in [1.165, 1.54) is 11.1 Å². The third kappa shape index (κ3) is 2.74. The van der Waals surface area contributed by atoms with Crippen LogP contribution in [0.3, 0.4) is 0 Å². The lowest BCUT2D eigenvalue weighted by atomic mass is 10.1. The molecule has 1 aromatic carbocycles. The molecule has 88 valence electrons. The van der Waals surface area contributed by atoms with Crippen LogP contribution in [0.15, 0.2) is 39.7 Å². The Hall–Kier alpha value is -1.62. The Morgan fingerprint density at radius 3 is 2.94 bits per heavy atom. The number of aryl methyl sites for hydroxylation is 1. The van der Waals surface area contributed by atoms with Crippen molar-refractivity contribution in [2.24, 2.45) is 0 Å². The average molecular weight is 294 g/mol. The Morgan fingerprint density at radius 1 is 1.41 bits per heavy atom. The van der Waals surface area contributed by atoms with Gasteiger partial charge in [0.1, 0.15) is 4.47 Å². The van der Waals surface area contributed by atoms with E-state index in [1.54, 1.807) is 6.20 Å². The van der Waals surface area contributed by atoms with E-state index in [1.807, 2.05) is 12.1 Å².